The van der Waals surface area contributed by atoms with Crippen LogP contribution in [-0.2, 0) is 4.74 Å². The lowest BCUT2D eigenvalue weighted by atomic mass is 10.2. The number of hydrogen-bond acceptors (Lipinski definition) is 3. The van der Waals surface area contributed by atoms with Crippen LogP contribution < -0.4 is 10.1 Å². The molecule has 4 nitrogen and oxygen atoms in total. The second kappa shape index (κ2) is 9.50. The van der Waals surface area contributed by atoms with Gasteiger partial charge in [-0.15, -0.1) is 11.6 Å². The van der Waals surface area contributed by atoms with Crippen molar-refractivity contribution in [3.63, 3.8) is 0 Å². The molecule has 0 aliphatic rings. The molecule has 1 aromatic carbocycles. The molecule has 0 aromatic heterocycles. The molecule has 0 atom stereocenters. The Bertz CT molecular complexity index is 385. The zero-order chi connectivity index (χ0) is 13.9. The predicted molar refractivity (Wildman–Crippen MR) is 77.2 cm³/mol. The Morgan fingerprint density at radius 1 is 1.21 bits per heavy atom. The van der Waals surface area contributed by atoms with Crippen molar-refractivity contribution in [2.45, 2.75) is 25.7 Å². The third-order valence-electron chi connectivity index (χ3n) is 2.60. The quantitative estimate of drug-likeness (QED) is 0.579. The molecule has 0 heterocycles. The summed E-state index contributed by atoms with van der Waals surface area (Å²) >= 11 is 5.58. The fraction of sp³-hybridized carbons (Fsp3) is 0.500. The summed E-state index contributed by atoms with van der Waals surface area (Å²) in [4.78, 5) is 11.6. The number of benzene rings is 1. The monoisotopic (exact) mass is 285 g/mol. The van der Waals surface area contributed by atoms with Crippen LogP contribution in [0.4, 0.5) is 10.5 Å². The van der Waals surface area contributed by atoms with Gasteiger partial charge in [-0.05, 0) is 25.0 Å². The Hall–Kier alpha value is -1.42. The van der Waals surface area contributed by atoms with E-state index in [0.29, 0.717) is 23.9 Å². The van der Waals surface area contributed by atoms with Gasteiger partial charge in [-0.25, -0.2) is 4.79 Å². The van der Waals surface area contributed by atoms with Crippen molar-refractivity contribution < 1.29 is 14.3 Å². The molecule has 0 spiro atoms. The topological polar surface area (TPSA) is 47.6 Å². The highest BCUT2D eigenvalue weighted by atomic mass is 35.5. The van der Waals surface area contributed by atoms with E-state index in [-0.39, 0.29) is 0 Å². The second-order valence-electron chi connectivity index (χ2n) is 4.06. The first-order valence-corrected chi connectivity index (χ1v) is 6.94. The van der Waals surface area contributed by atoms with Gasteiger partial charge >= 0.3 is 6.09 Å². The molecule has 106 valence electrons. The molecular formula is C14H20ClNO3. The van der Waals surface area contributed by atoms with Crippen LogP contribution in [0.5, 0.6) is 5.75 Å². The predicted octanol–water partition coefficient (Wildman–Crippen LogP) is 4.04. The van der Waals surface area contributed by atoms with Gasteiger partial charge in [0.05, 0.1) is 19.4 Å². The molecule has 0 unspecified atom stereocenters. The first kappa shape index (κ1) is 15.6. The molecule has 0 saturated carbocycles. The first-order valence-electron chi connectivity index (χ1n) is 6.40. The lowest BCUT2D eigenvalue weighted by molar-refractivity contribution is 0.159. The smallest absolute Gasteiger partial charge is 0.411 e. The average molecular weight is 286 g/mol. The number of para-hydroxylation sites is 2. The average Bonchev–Trinajstić information content (AvgIpc) is 2.43. The maximum atomic E-state index is 11.6. The van der Waals surface area contributed by atoms with E-state index >= 15 is 0 Å². The Balaban J connectivity index is 2.23. The van der Waals surface area contributed by atoms with Crippen molar-refractivity contribution in [2.24, 2.45) is 0 Å². The molecule has 1 amide bonds. The van der Waals surface area contributed by atoms with E-state index in [1.54, 1.807) is 19.2 Å². The molecule has 0 bridgehead atoms. The van der Waals surface area contributed by atoms with E-state index in [0.717, 1.165) is 25.7 Å². The molecule has 0 fully saturated rings. The summed E-state index contributed by atoms with van der Waals surface area (Å²) < 4.78 is 10.2. The summed E-state index contributed by atoms with van der Waals surface area (Å²) in [5, 5.41) is 2.66. The minimum absolute atomic E-state index is 0.420. The van der Waals surface area contributed by atoms with Crippen molar-refractivity contribution in [3.8, 4) is 5.75 Å². The molecule has 0 saturated heterocycles. The lowest BCUT2D eigenvalue weighted by Gasteiger charge is -2.10. The summed E-state index contributed by atoms with van der Waals surface area (Å²) in [5.74, 6) is 1.30. The van der Waals surface area contributed by atoms with E-state index < -0.39 is 6.09 Å². The summed E-state index contributed by atoms with van der Waals surface area (Å²) in [6, 6.07) is 7.21. The number of nitrogens with one attached hydrogen (secondary N) is 1. The van der Waals surface area contributed by atoms with Crippen molar-refractivity contribution >= 4 is 23.4 Å². The zero-order valence-corrected chi connectivity index (χ0v) is 11.9. The number of ether oxygens (including phenoxy) is 2. The van der Waals surface area contributed by atoms with Gasteiger partial charge in [0, 0.05) is 5.88 Å². The summed E-state index contributed by atoms with van der Waals surface area (Å²) in [5.41, 5.74) is 0.608. The molecule has 0 aliphatic heterocycles. The molecule has 1 aromatic rings. The van der Waals surface area contributed by atoms with Gasteiger partial charge < -0.3 is 9.47 Å². The van der Waals surface area contributed by atoms with Crippen molar-refractivity contribution in [3.05, 3.63) is 24.3 Å². The van der Waals surface area contributed by atoms with E-state index in [9.17, 15) is 4.79 Å². The van der Waals surface area contributed by atoms with E-state index in [1.807, 2.05) is 12.1 Å². The fourth-order valence-corrected chi connectivity index (χ4v) is 1.80. The van der Waals surface area contributed by atoms with Gasteiger partial charge in [-0.3, -0.25) is 5.32 Å². The second-order valence-corrected chi connectivity index (χ2v) is 4.44. The number of halogens is 1. The van der Waals surface area contributed by atoms with Gasteiger partial charge in [0.1, 0.15) is 5.75 Å². The number of hydrogen-bond donors (Lipinski definition) is 1. The number of alkyl halides is 1. The third kappa shape index (κ3) is 6.34. The molecule has 1 N–H and O–H groups in total. The maximum Gasteiger partial charge on any atom is 0.411 e. The maximum absolute atomic E-state index is 11.6. The van der Waals surface area contributed by atoms with E-state index in [2.05, 4.69) is 5.32 Å². The fourth-order valence-electron chi connectivity index (χ4n) is 1.61. The Morgan fingerprint density at radius 3 is 2.68 bits per heavy atom. The Kier molecular flexibility index (Phi) is 7.82. The molecular weight excluding hydrogens is 266 g/mol. The number of amides is 1. The minimum Gasteiger partial charge on any atom is -0.495 e. The highest BCUT2D eigenvalue weighted by Crippen LogP contribution is 2.22. The SMILES string of the molecule is COc1ccccc1NC(=O)OCCCCCCCl. The Morgan fingerprint density at radius 2 is 1.95 bits per heavy atom. The van der Waals surface area contributed by atoms with E-state index in [1.165, 1.54) is 0 Å². The normalized spacial score (nSPS) is 10.0. The lowest BCUT2D eigenvalue weighted by Crippen LogP contribution is -2.14. The standard InChI is InChI=1S/C14H20ClNO3/c1-18-13-9-5-4-8-12(13)16-14(17)19-11-7-3-2-6-10-15/h4-5,8-9H,2-3,6-7,10-11H2,1H3,(H,16,17). The molecule has 5 heteroatoms. The highest BCUT2D eigenvalue weighted by molar-refractivity contribution is 6.17. The largest absolute Gasteiger partial charge is 0.495 e. The van der Waals surface area contributed by atoms with E-state index in [4.69, 9.17) is 21.1 Å². The molecule has 0 radical (unpaired) electrons. The van der Waals surface area contributed by atoms with Gasteiger partial charge in [-0.1, -0.05) is 25.0 Å². The van der Waals surface area contributed by atoms with Crippen molar-refractivity contribution in [2.75, 3.05) is 24.9 Å². The number of carbonyl (C=O) groups is 1. The van der Waals surface area contributed by atoms with Crippen LogP contribution in [0.25, 0.3) is 0 Å². The number of methoxy groups -OCH3 is 1. The molecule has 1 rings (SSSR count). The van der Waals surface area contributed by atoms with Crippen molar-refractivity contribution in [1.82, 2.24) is 0 Å². The summed E-state index contributed by atoms with van der Waals surface area (Å²) in [7, 11) is 1.56. The highest BCUT2D eigenvalue weighted by Gasteiger charge is 2.06. The van der Waals surface area contributed by atoms with Crippen LogP contribution in [0.2, 0.25) is 0 Å². The van der Waals surface area contributed by atoms with Gasteiger partial charge in [0.25, 0.3) is 0 Å². The van der Waals surface area contributed by atoms with Crippen LogP contribution in [0, 0.1) is 0 Å². The van der Waals surface area contributed by atoms with Crippen LogP contribution in [0.15, 0.2) is 24.3 Å². The van der Waals surface area contributed by atoms with Gasteiger partial charge in [-0.2, -0.15) is 0 Å². The van der Waals surface area contributed by atoms with Gasteiger partial charge in [0.15, 0.2) is 0 Å². The van der Waals surface area contributed by atoms with Crippen LogP contribution >= 0.6 is 11.6 Å². The van der Waals surface area contributed by atoms with Crippen molar-refractivity contribution in [1.29, 1.82) is 0 Å². The number of anilines is 1. The zero-order valence-electron chi connectivity index (χ0n) is 11.2. The number of carbonyl (C=O) groups excluding carboxylic acids is 1. The number of unbranched alkanes of at least 4 members (excludes halogenated alkanes) is 3. The van der Waals surface area contributed by atoms with Crippen LogP contribution in [0.3, 0.4) is 0 Å². The van der Waals surface area contributed by atoms with Gasteiger partial charge in [0.2, 0.25) is 0 Å². The number of rotatable bonds is 8. The minimum atomic E-state index is -0.457. The third-order valence-corrected chi connectivity index (χ3v) is 2.87. The molecule has 0 aliphatic carbocycles. The Labute approximate surface area is 119 Å². The summed E-state index contributed by atoms with van der Waals surface area (Å²) in [6.45, 7) is 0.420. The first-order chi connectivity index (χ1) is 9.27. The van der Waals surface area contributed by atoms with Crippen LogP contribution in [0.1, 0.15) is 25.7 Å². The van der Waals surface area contributed by atoms with Crippen LogP contribution in [-0.4, -0.2) is 25.7 Å². The molecule has 19 heavy (non-hydrogen) atoms. The summed E-state index contributed by atoms with van der Waals surface area (Å²) in [6.07, 6.45) is 3.50.